The van der Waals surface area contributed by atoms with Gasteiger partial charge in [0.1, 0.15) is 11.2 Å². The smallest absolute Gasteiger partial charge is 0.407 e. The minimum atomic E-state index is -0.463. The van der Waals surface area contributed by atoms with Crippen LogP contribution in [-0.2, 0) is 11.3 Å². The van der Waals surface area contributed by atoms with E-state index in [0.717, 1.165) is 30.0 Å². The van der Waals surface area contributed by atoms with Crippen LogP contribution in [0.2, 0.25) is 0 Å². The Balaban J connectivity index is 1.52. The summed E-state index contributed by atoms with van der Waals surface area (Å²) in [4.78, 5) is 16.3. The summed E-state index contributed by atoms with van der Waals surface area (Å²) in [5, 5.41) is 6.38. The van der Waals surface area contributed by atoms with E-state index < -0.39 is 5.60 Å². The van der Waals surface area contributed by atoms with Gasteiger partial charge in [-0.25, -0.2) is 9.78 Å². The van der Waals surface area contributed by atoms with Crippen molar-refractivity contribution in [1.82, 2.24) is 20.0 Å². The molecule has 6 heteroatoms. The maximum Gasteiger partial charge on any atom is 0.407 e. The summed E-state index contributed by atoms with van der Waals surface area (Å²) in [6.45, 7) is 8.34. The van der Waals surface area contributed by atoms with E-state index in [1.165, 1.54) is 0 Å². The third kappa shape index (κ3) is 3.82. The molecule has 0 aliphatic heterocycles. The summed E-state index contributed by atoms with van der Waals surface area (Å²) in [6.07, 6.45) is 2.60. The number of amides is 1. The Morgan fingerprint density at radius 1 is 1.39 bits per heavy atom. The van der Waals surface area contributed by atoms with Crippen LogP contribution in [0.15, 0.2) is 24.4 Å². The molecule has 0 radical (unpaired) electrons. The second-order valence-corrected chi connectivity index (χ2v) is 7.05. The average Bonchev–Trinajstić information content (AvgIpc) is 3.07. The number of carbonyl (C=O) groups excluding carboxylic acids is 1. The van der Waals surface area contributed by atoms with Gasteiger partial charge in [0, 0.05) is 24.8 Å². The predicted molar refractivity (Wildman–Crippen MR) is 88.3 cm³/mol. The number of fused-ring (bicyclic) bond motifs is 1. The van der Waals surface area contributed by atoms with Crippen LogP contribution in [0.4, 0.5) is 4.79 Å². The Hall–Kier alpha value is -2.08. The molecule has 1 aliphatic rings. The van der Waals surface area contributed by atoms with Gasteiger partial charge in [0.25, 0.3) is 0 Å². The Labute approximate surface area is 136 Å². The number of carbonyl (C=O) groups is 1. The van der Waals surface area contributed by atoms with Crippen LogP contribution >= 0.6 is 0 Å². The number of rotatable bonds is 4. The zero-order valence-corrected chi connectivity index (χ0v) is 14.1. The molecule has 2 unspecified atom stereocenters. The van der Waals surface area contributed by atoms with Gasteiger partial charge in [0.2, 0.25) is 0 Å². The number of ether oxygens (including phenoxy) is 1. The fourth-order valence-corrected chi connectivity index (χ4v) is 2.64. The topological polar surface area (TPSA) is 67.7 Å². The molecule has 2 atom stereocenters. The van der Waals surface area contributed by atoms with Crippen LogP contribution in [0, 0.1) is 6.92 Å². The average molecular weight is 316 g/mol. The SMILES string of the molecule is Cc1nc2ccccn2c1CNC1CC1NC(=O)OC(C)(C)C. The number of alkyl carbamates (subject to hydrolysis) is 1. The molecule has 0 saturated heterocycles. The van der Waals surface area contributed by atoms with Crippen LogP contribution in [0.5, 0.6) is 0 Å². The minimum absolute atomic E-state index is 0.143. The largest absolute Gasteiger partial charge is 0.444 e. The molecule has 23 heavy (non-hydrogen) atoms. The molecule has 124 valence electrons. The van der Waals surface area contributed by atoms with Gasteiger partial charge >= 0.3 is 6.09 Å². The predicted octanol–water partition coefficient (Wildman–Crippen LogP) is 2.40. The van der Waals surface area contributed by atoms with Crippen molar-refractivity contribution >= 4 is 11.7 Å². The molecule has 1 fully saturated rings. The van der Waals surface area contributed by atoms with Crippen molar-refractivity contribution in [2.24, 2.45) is 0 Å². The molecule has 2 N–H and O–H groups in total. The molecular weight excluding hydrogens is 292 g/mol. The number of hydrogen-bond donors (Lipinski definition) is 2. The lowest BCUT2D eigenvalue weighted by Gasteiger charge is -2.19. The minimum Gasteiger partial charge on any atom is -0.444 e. The highest BCUT2D eigenvalue weighted by Crippen LogP contribution is 2.23. The van der Waals surface area contributed by atoms with E-state index in [0.29, 0.717) is 0 Å². The molecule has 0 bridgehead atoms. The summed E-state index contributed by atoms with van der Waals surface area (Å²) in [5.41, 5.74) is 2.68. The van der Waals surface area contributed by atoms with Crippen molar-refractivity contribution in [2.75, 3.05) is 0 Å². The van der Waals surface area contributed by atoms with Gasteiger partial charge in [-0.1, -0.05) is 6.07 Å². The van der Waals surface area contributed by atoms with Crippen LogP contribution in [0.1, 0.15) is 38.6 Å². The number of aromatic nitrogens is 2. The molecule has 0 spiro atoms. The molecule has 2 aromatic rings. The van der Waals surface area contributed by atoms with E-state index in [1.807, 2.05) is 52.1 Å². The second kappa shape index (κ2) is 5.85. The van der Waals surface area contributed by atoms with Gasteiger partial charge < -0.3 is 19.8 Å². The van der Waals surface area contributed by atoms with Crippen molar-refractivity contribution in [1.29, 1.82) is 0 Å². The first-order chi connectivity index (χ1) is 10.8. The lowest BCUT2D eigenvalue weighted by atomic mass is 10.2. The van der Waals surface area contributed by atoms with Crippen molar-refractivity contribution in [3.05, 3.63) is 35.8 Å². The third-order valence-corrected chi connectivity index (χ3v) is 3.85. The Kier molecular flexibility index (Phi) is 4.02. The first kappa shape index (κ1) is 15.8. The zero-order valence-electron chi connectivity index (χ0n) is 14.1. The molecule has 2 aromatic heterocycles. The first-order valence-electron chi connectivity index (χ1n) is 7.99. The van der Waals surface area contributed by atoms with E-state index in [-0.39, 0.29) is 18.2 Å². The molecule has 6 nitrogen and oxygen atoms in total. The van der Waals surface area contributed by atoms with Gasteiger partial charge in [0.15, 0.2) is 0 Å². The highest BCUT2D eigenvalue weighted by atomic mass is 16.6. The third-order valence-electron chi connectivity index (χ3n) is 3.85. The second-order valence-electron chi connectivity index (χ2n) is 7.05. The summed E-state index contributed by atoms with van der Waals surface area (Å²) in [6, 6.07) is 6.42. The van der Waals surface area contributed by atoms with Crippen molar-refractivity contribution in [2.45, 2.75) is 58.3 Å². The normalized spacial score (nSPS) is 20.5. The molecule has 1 saturated carbocycles. The number of nitrogens with one attached hydrogen (secondary N) is 2. The van der Waals surface area contributed by atoms with Crippen molar-refractivity contribution in [3.63, 3.8) is 0 Å². The summed E-state index contributed by atoms with van der Waals surface area (Å²) in [5.74, 6) is 0. The molecular formula is C17H24N4O2. The number of pyridine rings is 1. The number of hydrogen-bond acceptors (Lipinski definition) is 4. The summed E-state index contributed by atoms with van der Waals surface area (Å²) < 4.78 is 7.37. The van der Waals surface area contributed by atoms with Crippen LogP contribution in [0.3, 0.4) is 0 Å². The monoisotopic (exact) mass is 316 g/mol. The number of nitrogens with zero attached hydrogens (tertiary/aromatic N) is 2. The molecule has 1 amide bonds. The summed E-state index contributed by atoms with van der Waals surface area (Å²) >= 11 is 0. The molecule has 0 aromatic carbocycles. The van der Waals surface area contributed by atoms with E-state index in [4.69, 9.17) is 4.74 Å². The van der Waals surface area contributed by atoms with Crippen molar-refractivity contribution in [3.8, 4) is 0 Å². The lowest BCUT2D eigenvalue weighted by Crippen LogP contribution is -2.36. The van der Waals surface area contributed by atoms with Gasteiger partial charge in [0.05, 0.1) is 11.4 Å². The van der Waals surface area contributed by atoms with Gasteiger partial charge in [-0.3, -0.25) is 0 Å². The summed E-state index contributed by atoms with van der Waals surface area (Å²) in [7, 11) is 0. The quantitative estimate of drug-likeness (QED) is 0.909. The standard InChI is InChI=1S/C17H24N4O2/c1-11-14(21-8-6-5-7-15(21)19-11)10-18-12-9-13(12)20-16(22)23-17(2,3)4/h5-8,12-13,18H,9-10H2,1-4H3,(H,20,22). The fourth-order valence-electron chi connectivity index (χ4n) is 2.64. The highest BCUT2D eigenvalue weighted by Gasteiger charge is 2.39. The maximum atomic E-state index is 11.7. The zero-order chi connectivity index (χ0) is 16.6. The Morgan fingerprint density at radius 2 is 2.17 bits per heavy atom. The van der Waals surface area contributed by atoms with Crippen LogP contribution in [0.25, 0.3) is 5.65 Å². The molecule has 3 rings (SSSR count). The number of imidazole rings is 1. The van der Waals surface area contributed by atoms with Crippen molar-refractivity contribution < 1.29 is 9.53 Å². The Bertz CT molecular complexity index is 717. The molecule has 1 aliphatic carbocycles. The van der Waals surface area contributed by atoms with E-state index in [9.17, 15) is 4.79 Å². The maximum absolute atomic E-state index is 11.7. The van der Waals surface area contributed by atoms with Gasteiger partial charge in [-0.2, -0.15) is 0 Å². The number of aryl methyl sites for hydroxylation is 1. The molecule has 2 heterocycles. The fraction of sp³-hybridized carbons (Fsp3) is 0.529. The van der Waals surface area contributed by atoms with E-state index >= 15 is 0 Å². The van der Waals surface area contributed by atoms with Gasteiger partial charge in [-0.05, 0) is 46.2 Å². The van der Waals surface area contributed by atoms with Crippen LogP contribution < -0.4 is 10.6 Å². The van der Waals surface area contributed by atoms with E-state index in [1.54, 1.807) is 0 Å². The Morgan fingerprint density at radius 3 is 2.91 bits per heavy atom. The highest BCUT2D eigenvalue weighted by molar-refractivity contribution is 5.68. The first-order valence-corrected chi connectivity index (χ1v) is 7.99. The van der Waals surface area contributed by atoms with E-state index in [2.05, 4.69) is 20.0 Å². The van der Waals surface area contributed by atoms with Crippen LogP contribution in [-0.4, -0.2) is 33.2 Å². The van der Waals surface area contributed by atoms with Gasteiger partial charge in [-0.15, -0.1) is 0 Å². The lowest BCUT2D eigenvalue weighted by molar-refractivity contribution is 0.0522.